The fraction of sp³-hybridized carbons (Fsp3) is 0.400. The largest absolute Gasteiger partial charge is 0.481 e. The summed E-state index contributed by atoms with van der Waals surface area (Å²) in [6, 6.07) is 0. The summed E-state index contributed by atoms with van der Waals surface area (Å²) in [7, 11) is 0. The van der Waals surface area contributed by atoms with Crippen LogP contribution in [0.15, 0.2) is 0 Å². The smallest absolute Gasteiger partial charge is 0.320 e. The molecule has 0 saturated carbocycles. The molecular formula is C10H10O9. The molecule has 2 N–H and O–H groups in total. The van der Waals surface area contributed by atoms with Gasteiger partial charge in [0.15, 0.2) is 11.6 Å². The van der Waals surface area contributed by atoms with Crippen molar-refractivity contribution in [2.75, 3.05) is 0 Å². The standard InChI is InChI=1S/C10H10O9/c11-5(1-7(13)14)3-9(17)19-10(18)4-6(12)2-8(15)16/h1-4H2,(H,13,14)(H,15,16). The predicted molar refractivity (Wildman–Crippen MR) is 54.9 cm³/mol. The van der Waals surface area contributed by atoms with Gasteiger partial charge in [0.2, 0.25) is 0 Å². The highest BCUT2D eigenvalue weighted by molar-refractivity contribution is 6.08. The van der Waals surface area contributed by atoms with E-state index in [-0.39, 0.29) is 0 Å². The molecule has 0 saturated heterocycles. The third-order valence-electron chi connectivity index (χ3n) is 1.61. The minimum atomic E-state index is -1.43. The molecule has 0 aliphatic rings. The summed E-state index contributed by atoms with van der Waals surface area (Å²) in [4.78, 5) is 63.9. The Hall–Kier alpha value is -2.58. The Labute approximate surface area is 106 Å². The van der Waals surface area contributed by atoms with Crippen LogP contribution in [0.1, 0.15) is 25.7 Å². The Morgan fingerprint density at radius 2 is 0.947 bits per heavy atom. The lowest BCUT2D eigenvalue weighted by Crippen LogP contribution is -2.20. The van der Waals surface area contributed by atoms with E-state index in [1.165, 1.54) is 0 Å². The molecule has 0 bridgehead atoms. The zero-order valence-electron chi connectivity index (χ0n) is 9.58. The summed E-state index contributed by atoms with van der Waals surface area (Å²) in [5.41, 5.74) is 0. The van der Waals surface area contributed by atoms with Gasteiger partial charge in [-0.1, -0.05) is 0 Å². The van der Waals surface area contributed by atoms with Crippen molar-refractivity contribution >= 4 is 35.4 Å². The maximum Gasteiger partial charge on any atom is 0.320 e. The van der Waals surface area contributed by atoms with Gasteiger partial charge in [0.25, 0.3) is 0 Å². The average molecular weight is 274 g/mol. The van der Waals surface area contributed by atoms with Gasteiger partial charge in [-0.3, -0.25) is 28.8 Å². The molecule has 0 spiro atoms. The topological polar surface area (TPSA) is 152 Å². The molecule has 0 atom stereocenters. The number of rotatable bonds is 8. The number of aliphatic carboxylic acids is 2. The molecule has 0 rings (SSSR count). The molecule has 0 heterocycles. The van der Waals surface area contributed by atoms with E-state index in [2.05, 4.69) is 4.74 Å². The number of esters is 2. The molecule has 104 valence electrons. The van der Waals surface area contributed by atoms with Crippen molar-refractivity contribution in [3.05, 3.63) is 0 Å². The summed E-state index contributed by atoms with van der Waals surface area (Å²) < 4.78 is 4.05. The van der Waals surface area contributed by atoms with Crippen molar-refractivity contribution in [2.24, 2.45) is 0 Å². The van der Waals surface area contributed by atoms with Crippen molar-refractivity contribution < 1.29 is 43.7 Å². The molecule has 19 heavy (non-hydrogen) atoms. The van der Waals surface area contributed by atoms with E-state index in [1.807, 2.05) is 0 Å². The Balaban J connectivity index is 4.09. The fourth-order valence-electron chi connectivity index (χ4n) is 0.983. The first-order valence-corrected chi connectivity index (χ1v) is 4.91. The van der Waals surface area contributed by atoms with Crippen LogP contribution in [0.2, 0.25) is 0 Å². The molecule has 0 aromatic heterocycles. The summed E-state index contributed by atoms with van der Waals surface area (Å²) in [5, 5.41) is 16.5. The predicted octanol–water partition coefficient (Wildman–Crippen LogP) is -1.08. The van der Waals surface area contributed by atoms with E-state index >= 15 is 0 Å². The van der Waals surface area contributed by atoms with Crippen LogP contribution in [-0.2, 0) is 33.5 Å². The molecule has 9 heteroatoms. The van der Waals surface area contributed by atoms with E-state index < -0.39 is 61.1 Å². The van der Waals surface area contributed by atoms with E-state index in [9.17, 15) is 28.8 Å². The number of carbonyl (C=O) groups excluding carboxylic acids is 4. The van der Waals surface area contributed by atoms with Crippen molar-refractivity contribution in [2.45, 2.75) is 25.7 Å². The van der Waals surface area contributed by atoms with Gasteiger partial charge in [0.05, 0.1) is 0 Å². The van der Waals surface area contributed by atoms with Gasteiger partial charge in [-0.15, -0.1) is 0 Å². The average Bonchev–Trinajstić information content (AvgIpc) is 2.12. The number of carbonyl (C=O) groups is 6. The number of ether oxygens (including phenoxy) is 1. The highest BCUT2D eigenvalue weighted by atomic mass is 16.6. The van der Waals surface area contributed by atoms with Gasteiger partial charge in [-0.25, -0.2) is 0 Å². The number of carboxylic acid groups (broad SMARTS) is 2. The number of Topliss-reactive ketones (excluding diaryl/α,β-unsaturated/α-hetero) is 2. The number of hydrogen-bond acceptors (Lipinski definition) is 7. The van der Waals surface area contributed by atoms with Crippen LogP contribution in [0.4, 0.5) is 0 Å². The molecule has 0 aromatic rings. The van der Waals surface area contributed by atoms with Crippen LogP contribution in [0.5, 0.6) is 0 Å². The quantitative estimate of drug-likeness (QED) is 0.415. The molecule has 0 radical (unpaired) electrons. The minimum absolute atomic E-state index is 0.888. The number of ketones is 2. The van der Waals surface area contributed by atoms with Crippen molar-refractivity contribution in [1.82, 2.24) is 0 Å². The summed E-state index contributed by atoms with van der Waals surface area (Å²) in [6.45, 7) is 0. The summed E-state index contributed by atoms with van der Waals surface area (Å²) in [6.07, 6.45) is -3.60. The maximum absolute atomic E-state index is 11.0. The van der Waals surface area contributed by atoms with Crippen molar-refractivity contribution in [3.8, 4) is 0 Å². The van der Waals surface area contributed by atoms with Crippen LogP contribution in [0, 0.1) is 0 Å². The van der Waals surface area contributed by atoms with Crippen LogP contribution in [0.3, 0.4) is 0 Å². The summed E-state index contributed by atoms with van der Waals surface area (Å²) >= 11 is 0. The highest BCUT2D eigenvalue weighted by Gasteiger charge is 2.19. The van der Waals surface area contributed by atoms with E-state index in [4.69, 9.17) is 10.2 Å². The minimum Gasteiger partial charge on any atom is -0.481 e. The third kappa shape index (κ3) is 9.15. The monoisotopic (exact) mass is 274 g/mol. The second-order valence-corrected chi connectivity index (χ2v) is 3.42. The van der Waals surface area contributed by atoms with Crippen molar-refractivity contribution in [3.63, 3.8) is 0 Å². The lowest BCUT2D eigenvalue weighted by molar-refractivity contribution is -0.160. The van der Waals surface area contributed by atoms with E-state index in [1.54, 1.807) is 0 Å². The molecule has 0 aromatic carbocycles. The second kappa shape index (κ2) is 7.69. The zero-order valence-corrected chi connectivity index (χ0v) is 9.58. The third-order valence-corrected chi connectivity index (χ3v) is 1.61. The molecule has 0 fully saturated rings. The van der Waals surface area contributed by atoms with Crippen LogP contribution in [-0.4, -0.2) is 45.7 Å². The molecule has 0 aliphatic carbocycles. The first kappa shape index (κ1) is 16.4. The van der Waals surface area contributed by atoms with Gasteiger partial charge in [0, 0.05) is 0 Å². The molecule has 0 aliphatic heterocycles. The van der Waals surface area contributed by atoms with Crippen LogP contribution >= 0.6 is 0 Å². The lowest BCUT2D eigenvalue weighted by atomic mass is 10.2. The van der Waals surface area contributed by atoms with E-state index in [0.29, 0.717) is 0 Å². The SMILES string of the molecule is O=C(O)CC(=O)CC(=O)OC(=O)CC(=O)CC(=O)O. The van der Waals surface area contributed by atoms with Crippen LogP contribution in [0.25, 0.3) is 0 Å². The molecule has 0 unspecified atom stereocenters. The Morgan fingerprint density at radius 1 is 0.632 bits per heavy atom. The van der Waals surface area contributed by atoms with Gasteiger partial charge in [-0.05, 0) is 0 Å². The zero-order chi connectivity index (χ0) is 15.0. The number of carboxylic acids is 2. The van der Waals surface area contributed by atoms with Gasteiger partial charge in [0.1, 0.15) is 25.7 Å². The fourth-order valence-corrected chi connectivity index (χ4v) is 0.983. The lowest BCUT2D eigenvalue weighted by Gasteiger charge is -2.01. The molecule has 0 amide bonds. The van der Waals surface area contributed by atoms with Gasteiger partial charge in [-0.2, -0.15) is 0 Å². The second-order valence-electron chi connectivity index (χ2n) is 3.42. The number of hydrogen-bond donors (Lipinski definition) is 2. The normalized spacial score (nSPS) is 9.47. The Kier molecular flexibility index (Phi) is 6.65. The van der Waals surface area contributed by atoms with E-state index in [0.717, 1.165) is 0 Å². The van der Waals surface area contributed by atoms with Crippen molar-refractivity contribution in [1.29, 1.82) is 0 Å². The first-order valence-electron chi connectivity index (χ1n) is 4.91. The Morgan fingerprint density at radius 3 is 1.21 bits per heavy atom. The summed E-state index contributed by atoms with van der Waals surface area (Å²) in [5.74, 6) is -7.36. The highest BCUT2D eigenvalue weighted by Crippen LogP contribution is 1.98. The van der Waals surface area contributed by atoms with Gasteiger partial charge < -0.3 is 14.9 Å². The molecule has 9 nitrogen and oxygen atoms in total. The maximum atomic E-state index is 11.0. The van der Waals surface area contributed by atoms with Gasteiger partial charge >= 0.3 is 23.9 Å². The first-order chi connectivity index (χ1) is 8.70. The Bertz CT molecular complexity index is 394. The molecular weight excluding hydrogens is 264 g/mol. The van der Waals surface area contributed by atoms with Crippen LogP contribution < -0.4 is 0 Å².